The molecule has 27 heavy (non-hydrogen) atoms. The molecule has 0 aromatic heterocycles. The van der Waals surface area contributed by atoms with Crippen LogP contribution in [0.3, 0.4) is 0 Å². The van der Waals surface area contributed by atoms with E-state index in [1.165, 1.54) is 11.8 Å². The van der Waals surface area contributed by atoms with Crippen LogP contribution in [0.5, 0.6) is 0 Å². The lowest BCUT2D eigenvalue weighted by molar-refractivity contribution is -0.142. The smallest absolute Gasteiger partial charge is 0.424 e. The molecule has 1 aliphatic rings. The molecule has 142 valence electrons. The molecule has 0 aliphatic heterocycles. The number of ether oxygens (including phenoxy) is 1. The molecule has 0 heterocycles. The van der Waals surface area contributed by atoms with Crippen LogP contribution < -0.4 is 5.84 Å². The van der Waals surface area contributed by atoms with Crippen molar-refractivity contribution >= 4 is 23.8 Å². The fourth-order valence-corrected chi connectivity index (χ4v) is 3.87. The van der Waals surface area contributed by atoms with Crippen LogP contribution in [0.15, 0.2) is 48.5 Å². The molecule has 1 aliphatic carbocycles. The van der Waals surface area contributed by atoms with Crippen LogP contribution in [0.4, 0.5) is 4.79 Å². The Kier molecular flexibility index (Phi) is 6.03. The van der Waals surface area contributed by atoms with Gasteiger partial charge in [0.1, 0.15) is 12.6 Å². The summed E-state index contributed by atoms with van der Waals surface area (Å²) in [5, 5.41) is 10.0. The summed E-state index contributed by atoms with van der Waals surface area (Å²) in [4.78, 5) is 23.7. The SMILES string of the molecule is [13CH3]S[13CH2][13CH2][13C@@H]([13C](=O)O)[15N](N)C(=O)OCC1c2ccccc2-c2ccccc21. The van der Waals surface area contributed by atoms with Crippen LogP contribution in [0.25, 0.3) is 11.1 Å². The highest BCUT2D eigenvalue weighted by atomic mass is 32.2. The van der Waals surface area contributed by atoms with Crippen LogP contribution in [0.1, 0.15) is 23.5 Å². The Labute approximate surface area is 162 Å². The largest absolute Gasteiger partial charge is 0.480 e. The highest BCUT2D eigenvalue weighted by Gasteiger charge is 2.32. The number of amides is 1. The van der Waals surface area contributed by atoms with Crippen LogP contribution in [0.2, 0.25) is 0 Å². The number of carboxylic acid groups (broad SMARTS) is 1. The molecule has 0 saturated heterocycles. The number of hydrogen-bond donors (Lipinski definition) is 2. The molecule has 2 aromatic rings. The van der Waals surface area contributed by atoms with E-state index in [4.69, 9.17) is 10.6 Å². The molecule has 3 rings (SSSR count). The first-order chi connectivity index (χ1) is 13.0. The number of benzene rings is 2. The van der Waals surface area contributed by atoms with E-state index in [0.717, 1.165) is 22.3 Å². The highest BCUT2D eigenvalue weighted by molar-refractivity contribution is 7.98. The Morgan fingerprint density at radius 3 is 2.22 bits per heavy atom. The van der Waals surface area contributed by atoms with E-state index >= 15 is 0 Å². The number of thioether (sulfide) groups is 1. The predicted octanol–water partition coefficient (Wildman–Crippen LogP) is 3.32. The van der Waals surface area contributed by atoms with E-state index in [-0.39, 0.29) is 18.9 Å². The third-order valence-corrected chi connectivity index (χ3v) is 5.41. The first-order valence-corrected chi connectivity index (χ1v) is 10.0. The average molecular weight is 392 g/mol. The number of nitrogens with zero attached hydrogens (tertiary/aromatic N) is 1. The predicted molar refractivity (Wildman–Crippen MR) is 106 cm³/mol. The van der Waals surface area contributed by atoms with E-state index in [0.29, 0.717) is 10.8 Å². The standard InChI is InChI=1S/C20H22N2O4S/c1-27-11-10-18(19(23)24)22(21)20(25)26-12-17-15-8-4-2-6-13(15)14-7-3-5-9-16(14)17/h2-9,17-18H,10-12,21H2,1H3,(H,23,24)/t18-/m0/s1/i1+1,10+1,11+1,18+1,19+1,22+1. The Morgan fingerprint density at radius 2 is 1.70 bits per heavy atom. The Bertz CT molecular complexity index is 797. The Hall–Kier alpha value is -2.51. The van der Waals surface area contributed by atoms with Crippen molar-refractivity contribution in [3.63, 3.8) is 0 Å². The first kappa shape index (κ1) is 19.3. The van der Waals surface area contributed by atoms with E-state index in [1.54, 1.807) is 0 Å². The topological polar surface area (TPSA) is 92.9 Å². The molecule has 0 spiro atoms. The van der Waals surface area contributed by atoms with E-state index < -0.39 is 18.1 Å². The number of carboxylic acids is 1. The van der Waals surface area contributed by atoms with Gasteiger partial charge in [-0.05, 0) is 40.7 Å². The lowest BCUT2D eigenvalue weighted by Crippen LogP contribution is -2.50. The molecule has 0 saturated carbocycles. The minimum absolute atomic E-state index is 0.0933. The van der Waals surface area contributed by atoms with Gasteiger partial charge in [-0.2, -0.15) is 11.8 Å². The molecule has 0 bridgehead atoms. The molecule has 1 amide bonds. The molecule has 6 nitrogen and oxygen atoms in total. The summed E-state index contributed by atoms with van der Waals surface area (Å²) in [5.41, 5.74) is 4.43. The molecule has 1 atom stereocenters. The van der Waals surface area contributed by atoms with Gasteiger partial charge in [0, 0.05) is 5.92 Å². The van der Waals surface area contributed by atoms with Crippen molar-refractivity contribution in [1.29, 1.82) is 0 Å². The van der Waals surface area contributed by atoms with Gasteiger partial charge in [0.05, 0.1) is 0 Å². The maximum Gasteiger partial charge on any atom is 0.424 e. The van der Waals surface area contributed by atoms with Crippen LogP contribution >= 0.6 is 11.8 Å². The number of nitrogens with two attached hydrogens (primary N) is 1. The van der Waals surface area contributed by atoms with E-state index in [9.17, 15) is 14.7 Å². The second kappa shape index (κ2) is 8.45. The molecule has 0 fully saturated rings. The summed E-state index contributed by atoms with van der Waals surface area (Å²) in [6.07, 6.45) is 1.30. The van der Waals surface area contributed by atoms with Crippen LogP contribution in [-0.4, -0.2) is 46.8 Å². The molecular formula is C20H22N2O4S. The van der Waals surface area contributed by atoms with Crippen molar-refractivity contribution < 1.29 is 19.4 Å². The number of carbonyl (C=O) groups is 2. The molecule has 7 heteroatoms. The van der Waals surface area contributed by atoms with Gasteiger partial charge in [-0.3, -0.25) is 0 Å². The van der Waals surface area contributed by atoms with Gasteiger partial charge in [-0.25, -0.2) is 20.4 Å². The zero-order valence-corrected chi connectivity index (χ0v) is 15.8. The lowest BCUT2D eigenvalue weighted by atomic mass is 9.98. The number of hydrazine groups is 1. The fourth-order valence-electron chi connectivity index (χ4n) is 3.41. The summed E-state index contributed by atoms with van der Waals surface area (Å²) in [6, 6.07) is 14.9. The van der Waals surface area contributed by atoms with E-state index in [2.05, 4.69) is 0 Å². The monoisotopic (exact) mass is 392 g/mol. The third kappa shape index (κ3) is 3.94. The molecule has 2 aromatic carbocycles. The summed E-state index contributed by atoms with van der Waals surface area (Å²) >= 11 is 1.50. The average Bonchev–Trinajstić information content (AvgIpc) is 3.00. The summed E-state index contributed by atoms with van der Waals surface area (Å²) in [7, 11) is 0. The van der Waals surface area contributed by atoms with Gasteiger partial charge < -0.3 is 9.84 Å². The minimum Gasteiger partial charge on any atom is -0.480 e. The van der Waals surface area contributed by atoms with Crippen molar-refractivity contribution in [2.24, 2.45) is 5.84 Å². The van der Waals surface area contributed by atoms with Crippen molar-refractivity contribution in [3.05, 3.63) is 59.7 Å². The van der Waals surface area contributed by atoms with Crippen molar-refractivity contribution in [3.8, 4) is 11.1 Å². The lowest BCUT2D eigenvalue weighted by Gasteiger charge is -2.24. The first-order valence-electron chi connectivity index (χ1n) is 8.65. The Balaban J connectivity index is 1.73. The molecule has 0 radical (unpaired) electrons. The number of aliphatic carboxylic acids is 1. The van der Waals surface area contributed by atoms with Gasteiger partial charge >= 0.3 is 12.1 Å². The zero-order valence-electron chi connectivity index (χ0n) is 15.0. The maximum atomic E-state index is 12.3. The van der Waals surface area contributed by atoms with Crippen molar-refractivity contribution in [2.45, 2.75) is 18.4 Å². The van der Waals surface area contributed by atoms with E-state index in [1.807, 2.05) is 54.8 Å². The summed E-state index contributed by atoms with van der Waals surface area (Å²) in [5.74, 6) is 5.10. The second-order valence-electron chi connectivity index (χ2n) is 6.35. The number of carbonyl (C=O) groups excluding carboxylic acids is 1. The summed E-state index contributed by atoms with van der Waals surface area (Å²) < 4.78 is 5.40. The number of rotatable bonds is 7. The fraction of sp³-hybridized carbons (Fsp3) is 0.300. The minimum atomic E-state index is -1.14. The quantitative estimate of drug-likeness (QED) is 0.247. The normalized spacial score (nSPS) is 13.6. The van der Waals surface area contributed by atoms with Crippen molar-refractivity contribution in [2.75, 3.05) is 18.6 Å². The number of hydrogen-bond acceptors (Lipinski definition) is 5. The Morgan fingerprint density at radius 1 is 1.15 bits per heavy atom. The molecule has 3 N–H and O–H groups in total. The zero-order chi connectivity index (χ0) is 19.4. The number of fused-ring (bicyclic) bond motifs is 3. The van der Waals surface area contributed by atoms with Crippen LogP contribution in [0, 0.1) is 0 Å². The van der Waals surface area contributed by atoms with Gasteiger partial charge in [0.2, 0.25) is 0 Å². The van der Waals surface area contributed by atoms with Gasteiger partial charge in [-0.15, -0.1) is 0 Å². The summed E-state index contributed by atoms with van der Waals surface area (Å²) in [6.45, 7) is 0.107. The van der Waals surface area contributed by atoms with Gasteiger partial charge in [-0.1, -0.05) is 48.5 Å². The molecular weight excluding hydrogens is 370 g/mol. The second-order valence-corrected chi connectivity index (χ2v) is 7.33. The highest BCUT2D eigenvalue weighted by Crippen LogP contribution is 2.44. The van der Waals surface area contributed by atoms with Gasteiger partial charge in [0.25, 0.3) is 0 Å². The molecule has 0 unspecified atom stereocenters. The van der Waals surface area contributed by atoms with Crippen LogP contribution in [-0.2, 0) is 9.53 Å². The maximum absolute atomic E-state index is 12.3. The van der Waals surface area contributed by atoms with Gasteiger partial charge in [0.15, 0.2) is 0 Å². The third-order valence-electron chi connectivity index (χ3n) is 4.76. The van der Waals surface area contributed by atoms with Crippen molar-refractivity contribution in [1.82, 2.24) is 5.01 Å².